The van der Waals surface area contributed by atoms with Gasteiger partial charge in [0.1, 0.15) is 18.4 Å². The topological polar surface area (TPSA) is 60.2 Å². The van der Waals surface area contributed by atoms with Gasteiger partial charge in [0.05, 0.1) is 18.8 Å². The molecule has 1 aromatic heterocycles. The third kappa shape index (κ3) is 5.36. The van der Waals surface area contributed by atoms with Crippen LogP contribution in [0.2, 0.25) is 0 Å². The van der Waals surface area contributed by atoms with Crippen molar-refractivity contribution in [2.24, 2.45) is 5.41 Å². The van der Waals surface area contributed by atoms with Gasteiger partial charge in [-0.1, -0.05) is 39.0 Å². The number of rotatable bonds is 8. The highest BCUT2D eigenvalue weighted by Crippen LogP contribution is 2.31. The minimum atomic E-state index is -0.473. The maximum atomic E-state index is 10.6. The van der Waals surface area contributed by atoms with Crippen LogP contribution in [0.4, 0.5) is 0 Å². The second kappa shape index (κ2) is 8.11. The molecule has 0 aliphatic carbocycles. The van der Waals surface area contributed by atoms with Crippen LogP contribution >= 0.6 is 0 Å². The molecule has 1 heterocycles. The molecule has 0 unspecified atom stereocenters. The zero-order valence-corrected chi connectivity index (χ0v) is 14.2. The molecule has 0 saturated heterocycles. The number of aliphatic hydroxyl groups is 1. The summed E-state index contributed by atoms with van der Waals surface area (Å²) >= 11 is 0. The standard InChI is InChI=1S/C18H27N3O2/c1-18(2,3)17(22)16(21-14-19-13-20-21)11-7-8-12-23-15-9-5-4-6-10-15/h4-6,9-10,13-14,16-17,22H,7-8,11-12H2,1-3H3/t16-,17-/m0/s1. The van der Waals surface area contributed by atoms with Gasteiger partial charge >= 0.3 is 0 Å². The van der Waals surface area contributed by atoms with Gasteiger partial charge in [-0.15, -0.1) is 0 Å². The Bertz CT molecular complexity index is 549. The van der Waals surface area contributed by atoms with Gasteiger partial charge in [-0.3, -0.25) is 0 Å². The molecule has 5 nitrogen and oxygen atoms in total. The number of aliphatic hydroxyl groups excluding tert-OH is 1. The van der Waals surface area contributed by atoms with Crippen molar-refractivity contribution in [3.63, 3.8) is 0 Å². The SMILES string of the molecule is CC(C)(C)[C@@H](O)[C@H](CCCCOc1ccccc1)n1cncn1. The Morgan fingerprint density at radius 1 is 1.17 bits per heavy atom. The second-order valence-corrected chi connectivity index (χ2v) is 6.91. The van der Waals surface area contributed by atoms with Gasteiger partial charge < -0.3 is 9.84 Å². The van der Waals surface area contributed by atoms with E-state index < -0.39 is 6.10 Å². The van der Waals surface area contributed by atoms with Crippen LogP contribution in [0.5, 0.6) is 5.75 Å². The molecule has 0 spiro atoms. The Hall–Kier alpha value is -1.88. The molecule has 5 heteroatoms. The highest BCUT2D eigenvalue weighted by atomic mass is 16.5. The Balaban J connectivity index is 1.82. The Kier molecular flexibility index (Phi) is 6.16. The van der Waals surface area contributed by atoms with E-state index in [2.05, 4.69) is 10.1 Å². The number of ether oxygens (including phenoxy) is 1. The molecular weight excluding hydrogens is 290 g/mol. The fraction of sp³-hybridized carbons (Fsp3) is 0.556. The molecule has 0 radical (unpaired) electrons. The summed E-state index contributed by atoms with van der Waals surface area (Å²) in [5.41, 5.74) is -0.197. The van der Waals surface area contributed by atoms with Crippen LogP contribution in [0.25, 0.3) is 0 Å². The van der Waals surface area contributed by atoms with E-state index in [0.29, 0.717) is 6.61 Å². The van der Waals surface area contributed by atoms with Crippen LogP contribution in [-0.2, 0) is 0 Å². The Morgan fingerprint density at radius 3 is 2.52 bits per heavy atom. The van der Waals surface area contributed by atoms with Gasteiger partial charge in [-0.05, 0) is 36.8 Å². The summed E-state index contributed by atoms with van der Waals surface area (Å²) in [7, 11) is 0. The molecule has 2 aromatic rings. The summed E-state index contributed by atoms with van der Waals surface area (Å²) < 4.78 is 7.48. The third-order valence-corrected chi connectivity index (χ3v) is 3.93. The smallest absolute Gasteiger partial charge is 0.137 e. The van der Waals surface area contributed by atoms with Gasteiger partial charge in [-0.2, -0.15) is 5.10 Å². The predicted octanol–water partition coefficient (Wildman–Crippen LogP) is 3.48. The van der Waals surface area contributed by atoms with E-state index in [9.17, 15) is 5.11 Å². The number of unbranched alkanes of at least 4 members (excludes halogenated alkanes) is 1. The second-order valence-electron chi connectivity index (χ2n) is 6.91. The van der Waals surface area contributed by atoms with Gasteiger partial charge in [0.2, 0.25) is 0 Å². The van der Waals surface area contributed by atoms with E-state index in [1.54, 1.807) is 11.0 Å². The fourth-order valence-corrected chi connectivity index (χ4v) is 2.56. The molecule has 0 bridgehead atoms. The van der Waals surface area contributed by atoms with Gasteiger partial charge in [0.15, 0.2) is 0 Å². The van der Waals surface area contributed by atoms with E-state index in [4.69, 9.17) is 4.74 Å². The molecule has 2 atom stereocenters. The monoisotopic (exact) mass is 317 g/mol. The van der Waals surface area contributed by atoms with Gasteiger partial charge in [0, 0.05) is 0 Å². The Morgan fingerprint density at radius 2 is 1.91 bits per heavy atom. The van der Waals surface area contributed by atoms with E-state index in [1.165, 1.54) is 6.33 Å². The first kappa shape index (κ1) is 17.5. The lowest BCUT2D eigenvalue weighted by molar-refractivity contribution is 0.00823. The average Bonchev–Trinajstić information content (AvgIpc) is 3.04. The zero-order chi connectivity index (χ0) is 16.7. The lowest BCUT2D eigenvalue weighted by atomic mass is 9.83. The molecule has 23 heavy (non-hydrogen) atoms. The van der Waals surface area contributed by atoms with Crippen LogP contribution in [0, 0.1) is 5.41 Å². The van der Waals surface area contributed by atoms with Crippen LogP contribution in [0.1, 0.15) is 46.1 Å². The van der Waals surface area contributed by atoms with Crippen molar-refractivity contribution in [2.45, 2.75) is 52.2 Å². The molecule has 126 valence electrons. The molecular formula is C18H27N3O2. The summed E-state index contributed by atoms with van der Waals surface area (Å²) in [6, 6.07) is 9.77. The third-order valence-electron chi connectivity index (χ3n) is 3.93. The molecule has 0 amide bonds. The average molecular weight is 317 g/mol. The number of para-hydroxylation sites is 1. The summed E-state index contributed by atoms with van der Waals surface area (Å²) in [5, 5.41) is 14.8. The summed E-state index contributed by atoms with van der Waals surface area (Å²) in [6.45, 7) is 6.81. The van der Waals surface area contributed by atoms with Crippen molar-refractivity contribution in [1.82, 2.24) is 14.8 Å². The maximum Gasteiger partial charge on any atom is 0.137 e. The summed E-state index contributed by atoms with van der Waals surface area (Å²) in [4.78, 5) is 4.01. The number of nitrogens with zero attached hydrogens (tertiary/aromatic N) is 3. The normalized spacial score (nSPS) is 14.4. The molecule has 1 aromatic carbocycles. The lowest BCUT2D eigenvalue weighted by Crippen LogP contribution is -2.35. The summed E-state index contributed by atoms with van der Waals surface area (Å²) in [6.07, 6.45) is 5.47. The minimum absolute atomic E-state index is 0.0609. The quantitative estimate of drug-likeness (QED) is 0.757. The summed E-state index contributed by atoms with van der Waals surface area (Å²) in [5.74, 6) is 0.898. The van der Waals surface area contributed by atoms with E-state index in [-0.39, 0.29) is 11.5 Å². The highest BCUT2D eigenvalue weighted by molar-refractivity contribution is 5.20. The first-order valence-electron chi connectivity index (χ1n) is 8.18. The van der Waals surface area contributed by atoms with Crippen LogP contribution in [-0.4, -0.2) is 32.6 Å². The van der Waals surface area contributed by atoms with Crippen molar-refractivity contribution in [2.75, 3.05) is 6.61 Å². The fourth-order valence-electron chi connectivity index (χ4n) is 2.56. The first-order valence-corrected chi connectivity index (χ1v) is 8.18. The molecule has 0 saturated carbocycles. The van der Waals surface area contributed by atoms with Gasteiger partial charge in [-0.25, -0.2) is 9.67 Å². The lowest BCUT2D eigenvalue weighted by Gasteiger charge is -2.33. The minimum Gasteiger partial charge on any atom is -0.494 e. The number of hydrogen-bond acceptors (Lipinski definition) is 4. The molecule has 1 N–H and O–H groups in total. The highest BCUT2D eigenvalue weighted by Gasteiger charge is 2.31. The molecule has 0 aliphatic rings. The number of hydrogen-bond donors (Lipinski definition) is 1. The first-order chi connectivity index (χ1) is 11.0. The predicted molar refractivity (Wildman–Crippen MR) is 90.3 cm³/mol. The van der Waals surface area contributed by atoms with Crippen molar-refractivity contribution in [1.29, 1.82) is 0 Å². The largest absolute Gasteiger partial charge is 0.494 e. The number of aromatic nitrogens is 3. The molecule has 2 rings (SSSR count). The van der Waals surface area contributed by atoms with Crippen molar-refractivity contribution in [3.8, 4) is 5.75 Å². The van der Waals surface area contributed by atoms with Crippen LogP contribution in [0.3, 0.4) is 0 Å². The number of benzene rings is 1. The van der Waals surface area contributed by atoms with Crippen LogP contribution < -0.4 is 4.74 Å². The molecule has 0 fully saturated rings. The van der Waals surface area contributed by atoms with E-state index in [1.807, 2.05) is 51.1 Å². The van der Waals surface area contributed by atoms with E-state index in [0.717, 1.165) is 25.0 Å². The Labute approximate surface area is 138 Å². The van der Waals surface area contributed by atoms with Crippen LogP contribution in [0.15, 0.2) is 43.0 Å². The van der Waals surface area contributed by atoms with Gasteiger partial charge in [0.25, 0.3) is 0 Å². The maximum absolute atomic E-state index is 10.6. The van der Waals surface area contributed by atoms with Crippen molar-refractivity contribution in [3.05, 3.63) is 43.0 Å². The zero-order valence-electron chi connectivity index (χ0n) is 14.2. The van der Waals surface area contributed by atoms with Crippen molar-refractivity contribution >= 4 is 0 Å². The molecule has 0 aliphatic heterocycles. The van der Waals surface area contributed by atoms with Crippen molar-refractivity contribution < 1.29 is 9.84 Å². The van der Waals surface area contributed by atoms with E-state index >= 15 is 0 Å².